The van der Waals surface area contributed by atoms with Crippen LogP contribution in [-0.2, 0) is 6.42 Å². The number of ketones is 1. The third-order valence-electron chi connectivity index (χ3n) is 3.73. The lowest BCUT2D eigenvalue weighted by atomic mass is 10.1. The molecule has 4 aromatic rings. The second-order valence-corrected chi connectivity index (χ2v) is 6.02. The largest absolute Gasteiger partial charge is 0.339 e. The molecule has 4 rings (SSSR count). The number of carbonyl (C=O) groups is 1. The van der Waals surface area contributed by atoms with Crippen molar-refractivity contribution in [2.24, 2.45) is 0 Å². The summed E-state index contributed by atoms with van der Waals surface area (Å²) in [4.78, 5) is 16.4. The second kappa shape index (κ2) is 6.89. The Hall–Kier alpha value is -3.32. The Morgan fingerprint density at radius 3 is 2.85 bits per heavy atom. The zero-order chi connectivity index (χ0) is 17.9. The van der Waals surface area contributed by atoms with Gasteiger partial charge in [0.1, 0.15) is 0 Å². The molecule has 0 fully saturated rings. The van der Waals surface area contributed by atoms with Crippen molar-refractivity contribution in [2.45, 2.75) is 6.42 Å². The molecular formula is C18H13ClN6O. The maximum Gasteiger partial charge on any atom is 0.178 e. The number of Topliss-reactive ketones (excluding diaryl/α,β-unsaturated/α-hetero) is 1. The van der Waals surface area contributed by atoms with Crippen molar-refractivity contribution in [3.63, 3.8) is 0 Å². The minimum Gasteiger partial charge on any atom is -0.339 e. The molecule has 0 aliphatic rings. The number of halogens is 1. The molecule has 0 radical (unpaired) electrons. The van der Waals surface area contributed by atoms with Gasteiger partial charge in [0.25, 0.3) is 0 Å². The van der Waals surface area contributed by atoms with Crippen LogP contribution in [0.25, 0.3) is 5.65 Å². The number of fused-ring (bicyclic) bond motifs is 1. The van der Waals surface area contributed by atoms with Gasteiger partial charge < -0.3 is 5.32 Å². The molecule has 0 atom stereocenters. The summed E-state index contributed by atoms with van der Waals surface area (Å²) in [5.41, 5.74) is 1.90. The van der Waals surface area contributed by atoms with E-state index in [4.69, 9.17) is 11.6 Å². The number of anilines is 2. The van der Waals surface area contributed by atoms with Gasteiger partial charge in [0.2, 0.25) is 0 Å². The highest BCUT2D eigenvalue weighted by Gasteiger charge is 2.14. The fourth-order valence-corrected chi connectivity index (χ4v) is 2.69. The SMILES string of the molecule is O=C(Cc1nnc2ccc(Nc3cccc(Cl)c3)nn12)c1cccnc1. The van der Waals surface area contributed by atoms with E-state index in [0.29, 0.717) is 27.9 Å². The molecule has 0 spiro atoms. The number of carbonyl (C=O) groups excluding carboxylic acids is 1. The van der Waals surface area contributed by atoms with Crippen LogP contribution < -0.4 is 5.32 Å². The molecule has 1 aromatic carbocycles. The van der Waals surface area contributed by atoms with Crippen molar-refractivity contribution in [3.05, 3.63) is 77.3 Å². The lowest BCUT2D eigenvalue weighted by Gasteiger charge is -2.06. The Morgan fingerprint density at radius 1 is 1.12 bits per heavy atom. The van der Waals surface area contributed by atoms with Gasteiger partial charge in [-0.1, -0.05) is 17.7 Å². The Kier molecular flexibility index (Phi) is 4.28. The third-order valence-corrected chi connectivity index (χ3v) is 3.96. The number of pyridine rings is 1. The Morgan fingerprint density at radius 2 is 2.04 bits per heavy atom. The second-order valence-electron chi connectivity index (χ2n) is 5.58. The summed E-state index contributed by atoms with van der Waals surface area (Å²) in [6, 6.07) is 14.3. The van der Waals surface area contributed by atoms with E-state index in [-0.39, 0.29) is 12.2 Å². The van der Waals surface area contributed by atoms with Gasteiger partial charge in [-0.25, -0.2) is 0 Å². The number of nitrogens with zero attached hydrogens (tertiary/aromatic N) is 5. The first kappa shape index (κ1) is 16.2. The lowest BCUT2D eigenvalue weighted by Crippen LogP contribution is -2.09. The molecule has 26 heavy (non-hydrogen) atoms. The van der Waals surface area contributed by atoms with Gasteiger partial charge in [0.05, 0.1) is 6.42 Å². The zero-order valence-corrected chi connectivity index (χ0v) is 14.3. The molecule has 7 nitrogen and oxygen atoms in total. The molecule has 8 heteroatoms. The van der Waals surface area contributed by atoms with Gasteiger partial charge >= 0.3 is 0 Å². The topological polar surface area (TPSA) is 85.1 Å². The van der Waals surface area contributed by atoms with Crippen molar-refractivity contribution in [1.29, 1.82) is 0 Å². The number of benzene rings is 1. The first-order chi connectivity index (χ1) is 12.7. The Balaban J connectivity index is 1.61. The van der Waals surface area contributed by atoms with E-state index in [1.54, 1.807) is 47.1 Å². The lowest BCUT2D eigenvalue weighted by molar-refractivity contribution is 0.0990. The summed E-state index contributed by atoms with van der Waals surface area (Å²) in [6.45, 7) is 0. The standard InChI is InChI=1S/C18H13ClN6O/c19-13-4-1-5-14(9-13)21-16-6-7-17-22-23-18(25(17)24-16)10-15(26)12-3-2-8-20-11-12/h1-9,11H,10H2,(H,21,24). The van der Waals surface area contributed by atoms with Crippen molar-refractivity contribution in [2.75, 3.05) is 5.32 Å². The van der Waals surface area contributed by atoms with Crippen LogP contribution in [-0.4, -0.2) is 30.6 Å². The maximum atomic E-state index is 12.4. The summed E-state index contributed by atoms with van der Waals surface area (Å²) in [5, 5.41) is 16.4. The fourth-order valence-electron chi connectivity index (χ4n) is 2.50. The van der Waals surface area contributed by atoms with E-state index in [1.807, 2.05) is 12.1 Å². The Labute approximate surface area is 153 Å². The zero-order valence-electron chi connectivity index (χ0n) is 13.5. The minimum absolute atomic E-state index is 0.0838. The number of aromatic nitrogens is 5. The van der Waals surface area contributed by atoms with E-state index >= 15 is 0 Å². The van der Waals surface area contributed by atoms with Crippen molar-refractivity contribution < 1.29 is 4.79 Å². The molecule has 1 N–H and O–H groups in total. The first-order valence-corrected chi connectivity index (χ1v) is 8.24. The van der Waals surface area contributed by atoms with E-state index in [0.717, 1.165) is 5.69 Å². The monoisotopic (exact) mass is 364 g/mol. The van der Waals surface area contributed by atoms with Crippen LogP contribution in [0.1, 0.15) is 16.2 Å². The van der Waals surface area contributed by atoms with Gasteiger partial charge in [0, 0.05) is 28.7 Å². The predicted octanol–water partition coefficient (Wildman–Crippen LogP) is 3.34. The van der Waals surface area contributed by atoms with E-state index in [2.05, 4.69) is 25.6 Å². The van der Waals surface area contributed by atoms with Crippen LogP contribution in [0.5, 0.6) is 0 Å². The fraction of sp³-hybridized carbons (Fsp3) is 0.0556. The quantitative estimate of drug-likeness (QED) is 0.547. The van der Waals surface area contributed by atoms with Crippen molar-refractivity contribution in [3.8, 4) is 0 Å². The minimum atomic E-state index is -0.0950. The number of hydrogen-bond donors (Lipinski definition) is 1. The summed E-state index contributed by atoms with van der Waals surface area (Å²) in [5.74, 6) is 0.959. The molecule has 128 valence electrons. The predicted molar refractivity (Wildman–Crippen MR) is 97.8 cm³/mol. The molecule has 0 saturated heterocycles. The van der Waals surface area contributed by atoms with Crippen LogP contribution in [0.4, 0.5) is 11.5 Å². The van der Waals surface area contributed by atoms with Crippen LogP contribution in [0.3, 0.4) is 0 Å². The normalized spacial score (nSPS) is 10.8. The van der Waals surface area contributed by atoms with E-state index in [1.165, 1.54) is 6.20 Å². The first-order valence-electron chi connectivity index (χ1n) is 7.86. The molecule has 0 amide bonds. The highest BCUT2D eigenvalue weighted by Crippen LogP contribution is 2.19. The molecular weight excluding hydrogens is 352 g/mol. The molecule has 0 bridgehead atoms. The molecule has 0 unspecified atom stereocenters. The van der Waals surface area contributed by atoms with Crippen LogP contribution in [0.2, 0.25) is 5.02 Å². The highest BCUT2D eigenvalue weighted by molar-refractivity contribution is 6.30. The average molecular weight is 365 g/mol. The van der Waals surface area contributed by atoms with E-state index in [9.17, 15) is 4.79 Å². The smallest absolute Gasteiger partial charge is 0.178 e. The average Bonchev–Trinajstić information content (AvgIpc) is 3.05. The number of nitrogens with one attached hydrogen (secondary N) is 1. The van der Waals surface area contributed by atoms with Crippen molar-refractivity contribution in [1.82, 2.24) is 24.8 Å². The van der Waals surface area contributed by atoms with Crippen LogP contribution >= 0.6 is 11.6 Å². The number of rotatable bonds is 5. The molecule has 0 aliphatic carbocycles. The summed E-state index contributed by atoms with van der Waals surface area (Å²) in [7, 11) is 0. The molecule has 0 aliphatic heterocycles. The molecule has 0 saturated carbocycles. The van der Waals surface area contributed by atoms with Gasteiger partial charge in [-0.3, -0.25) is 9.78 Å². The van der Waals surface area contributed by atoms with E-state index < -0.39 is 0 Å². The van der Waals surface area contributed by atoms with Crippen LogP contribution in [0.15, 0.2) is 60.9 Å². The molecule has 3 aromatic heterocycles. The third kappa shape index (κ3) is 3.38. The summed E-state index contributed by atoms with van der Waals surface area (Å²) >= 11 is 6.00. The van der Waals surface area contributed by atoms with Gasteiger partial charge in [-0.2, -0.15) is 4.52 Å². The van der Waals surface area contributed by atoms with Crippen LogP contribution in [0, 0.1) is 0 Å². The van der Waals surface area contributed by atoms with Crippen molar-refractivity contribution >= 4 is 34.5 Å². The van der Waals surface area contributed by atoms with Gasteiger partial charge in [-0.15, -0.1) is 15.3 Å². The Bertz CT molecular complexity index is 1080. The summed E-state index contributed by atoms with van der Waals surface area (Å²) in [6.07, 6.45) is 3.24. The summed E-state index contributed by atoms with van der Waals surface area (Å²) < 4.78 is 1.56. The van der Waals surface area contributed by atoms with Gasteiger partial charge in [-0.05, 0) is 42.5 Å². The number of hydrogen-bond acceptors (Lipinski definition) is 6. The maximum absolute atomic E-state index is 12.4. The molecule has 3 heterocycles. The van der Waals surface area contributed by atoms with Gasteiger partial charge in [0.15, 0.2) is 23.1 Å². The highest BCUT2D eigenvalue weighted by atomic mass is 35.5.